The van der Waals surface area contributed by atoms with Crippen LogP contribution in [0, 0.1) is 0 Å². The van der Waals surface area contributed by atoms with Crippen molar-refractivity contribution in [1.29, 1.82) is 0 Å². The van der Waals surface area contributed by atoms with E-state index in [1.165, 1.54) is 0 Å². The predicted octanol–water partition coefficient (Wildman–Crippen LogP) is -0.163. The van der Waals surface area contributed by atoms with Crippen molar-refractivity contribution in [2.24, 2.45) is 5.73 Å². The summed E-state index contributed by atoms with van der Waals surface area (Å²) in [5.74, 6) is 0. The maximum Gasteiger partial charge on any atom is 0.0529 e. The van der Waals surface area contributed by atoms with Gasteiger partial charge >= 0.3 is 0 Å². The molecule has 0 aliphatic heterocycles. The van der Waals surface area contributed by atoms with Crippen molar-refractivity contribution in [3.05, 3.63) is 18.5 Å². The Morgan fingerprint density at radius 3 is 1.89 bits per heavy atom. The van der Waals surface area contributed by atoms with Crippen LogP contribution in [0.4, 0.5) is 0 Å². The first kappa shape index (κ1) is 7.97. The Morgan fingerprint density at radius 1 is 1.33 bits per heavy atom. The second kappa shape index (κ2) is 6.97. The van der Waals surface area contributed by atoms with Crippen LogP contribution in [0.2, 0.25) is 0 Å². The van der Waals surface area contributed by atoms with Crippen LogP contribution in [0.1, 0.15) is 6.92 Å². The monoisotopic (exact) mass is 126 g/mol. The molecule has 0 spiro atoms. The van der Waals surface area contributed by atoms with Crippen LogP contribution in [-0.4, -0.2) is 22.0 Å². The van der Waals surface area contributed by atoms with E-state index in [0.29, 0.717) is 0 Å². The van der Waals surface area contributed by atoms with Crippen molar-refractivity contribution in [2.75, 3.05) is 6.54 Å². The van der Waals surface area contributed by atoms with Gasteiger partial charge in [0.15, 0.2) is 0 Å². The van der Waals surface area contributed by atoms with Gasteiger partial charge in [0, 0.05) is 0 Å². The zero-order valence-corrected chi connectivity index (χ0v) is 5.36. The molecule has 0 aliphatic rings. The van der Waals surface area contributed by atoms with Gasteiger partial charge in [-0.3, -0.25) is 0 Å². The molecule has 0 aliphatic carbocycles. The number of aromatic nitrogens is 3. The summed E-state index contributed by atoms with van der Waals surface area (Å²) in [4.78, 5) is 0. The van der Waals surface area contributed by atoms with E-state index >= 15 is 0 Å². The maximum absolute atomic E-state index is 4.85. The Labute approximate surface area is 54.1 Å². The van der Waals surface area contributed by atoms with Gasteiger partial charge in [-0.05, 0) is 17.8 Å². The summed E-state index contributed by atoms with van der Waals surface area (Å²) in [6, 6.07) is 1.72. The summed E-state index contributed by atoms with van der Waals surface area (Å²) in [5, 5.41) is 10.1. The average molecular weight is 126 g/mol. The van der Waals surface area contributed by atoms with Gasteiger partial charge in [0.05, 0.1) is 12.4 Å². The van der Waals surface area contributed by atoms with Gasteiger partial charge in [0.25, 0.3) is 0 Å². The first-order chi connectivity index (χ1) is 4.41. The normalized spacial score (nSPS) is 7.33. The first-order valence-electron chi connectivity index (χ1n) is 2.70. The van der Waals surface area contributed by atoms with Crippen molar-refractivity contribution in [2.45, 2.75) is 6.92 Å². The number of nitrogens with two attached hydrogens (primary N) is 1. The highest BCUT2D eigenvalue weighted by Gasteiger charge is 1.60. The van der Waals surface area contributed by atoms with Gasteiger partial charge in [0.1, 0.15) is 0 Å². The van der Waals surface area contributed by atoms with Crippen LogP contribution in [0.3, 0.4) is 0 Å². The lowest BCUT2D eigenvalue weighted by Crippen LogP contribution is -1.87. The lowest BCUT2D eigenvalue weighted by molar-refractivity contribution is 0.865. The summed E-state index contributed by atoms with van der Waals surface area (Å²) in [5.41, 5.74) is 4.85. The lowest BCUT2D eigenvalue weighted by Gasteiger charge is -1.68. The van der Waals surface area contributed by atoms with E-state index < -0.39 is 0 Å². The maximum atomic E-state index is 4.85. The Bertz CT molecular complexity index is 91.8. The van der Waals surface area contributed by atoms with Crippen LogP contribution in [-0.2, 0) is 0 Å². The molecule has 9 heavy (non-hydrogen) atoms. The van der Waals surface area contributed by atoms with E-state index in [0.717, 1.165) is 6.54 Å². The van der Waals surface area contributed by atoms with Gasteiger partial charge in [-0.1, -0.05) is 6.92 Å². The molecule has 4 heteroatoms. The topological polar surface area (TPSA) is 64.7 Å². The number of hydrogen-bond acceptors (Lipinski definition) is 4. The van der Waals surface area contributed by atoms with E-state index in [4.69, 9.17) is 5.73 Å². The second-order valence-electron chi connectivity index (χ2n) is 1.22. The standard InChI is InChI=1S/C3H3N3.C2H7N/c1-2-4-6-5-3-1;1-2-3/h1-3H;2-3H2,1H3. The smallest absolute Gasteiger partial charge is 0.0529 e. The minimum absolute atomic E-state index is 0.750. The van der Waals surface area contributed by atoms with Crippen molar-refractivity contribution in [3.63, 3.8) is 0 Å². The molecule has 1 heterocycles. The van der Waals surface area contributed by atoms with E-state index in [1.54, 1.807) is 18.5 Å². The molecule has 4 nitrogen and oxygen atoms in total. The number of rotatable bonds is 0. The van der Waals surface area contributed by atoms with Gasteiger partial charge in [-0.15, -0.1) is 10.2 Å². The third-order valence-corrected chi connectivity index (χ3v) is 0.409. The van der Waals surface area contributed by atoms with Crippen molar-refractivity contribution in [3.8, 4) is 0 Å². The average Bonchev–Trinajstić information content (AvgIpc) is 1.93. The van der Waals surface area contributed by atoms with Crippen molar-refractivity contribution < 1.29 is 0 Å². The highest BCUT2D eigenvalue weighted by molar-refractivity contribution is 4.69. The summed E-state index contributed by atoms with van der Waals surface area (Å²) in [6.45, 7) is 2.65. The van der Waals surface area contributed by atoms with E-state index in [9.17, 15) is 0 Å². The van der Waals surface area contributed by atoms with Gasteiger partial charge in [-0.2, -0.15) is 0 Å². The predicted molar refractivity (Wildman–Crippen MR) is 34.6 cm³/mol. The van der Waals surface area contributed by atoms with Crippen LogP contribution in [0.15, 0.2) is 18.5 Å². The Hall–Kier alpha value is -1.03. The summed E-state index contributed by atoms with van der Waals surface area (Å²) < 4.78 is 0. The molecule has 1 aromatic heterocycles. The largest absolute Gasteiger partial charge is 0.331 e. The molecule has 0 aromatic carbocycles. The molecule has 50 valence electrons. The molecule has 0 amide bonds. The minimum atomic E-state index is 0.750. The SMILES string of the molecule is CCN.c1cnnnc1. The molecular weight excluding hydrogens is 116 g/mol. The Morgan fingerprint density at radius 2 is 1.78 bits per heavy atom. The lowest BCUT2D eigenvalue weighted by atomic mass is 10.7. The molecule has 0 saturated carbocycles. The highest BCUT2D eigenvalue weighted by atomic mass is 15.3. The van der Waals surface area contributed by atoms with Crippen LogP contribution < -0.4 is 5.73 Å². The van der Waals surface area contributed by atoms with Gasteiger partial charge < -0.3 is 5.73 Å². The van der Waals surface area contributed by atoms with Gasteiger partial charge in [0.2, 0.25) is 0 Å². The zero-order chi connectivity index (χ0) is 6.95. The molecule has 0 atom stereocenters. The van der Waals surface area contributed by atoms with E-state index in [-0.39, 0.29) is 0 Å². The second-order valence-corrected chi connectivity index (χ2v) is 1.22. The molecule has 0 bridgehead atoms. The third kappa shape index (κ3) is 6.97. The van der Waals surface area contributed by atoms with Crippen molar-refractivity contribution in [1.82, 2.24) is 15.4 Å². The van der Waals surface area contributed by atoms with E-state index in [2.05, 4.69) is 15.4 Å². The fourth-order valence-corrected chi connectivity index (χ4v) is 0.205. The molecular formula is C5H10N4. The minimum Gasteiger partial charge on any atom is -0.331 e. The van der Waals surface area contributed by atoms with Crippen LogP contribution in [0.5, 0.6) is 0 Å². The quantitative estimate of drug-likeness (QED) is 0.524. The first-order valence-corrected chi connectivity index (χ1v) is 2.70. The summed E-state index contributed by atoms with van der Waals surface area (Å²) in [7, 11) is 0. The molecule has 0 fully saturated rings. The molecule has 0 saturated heterocycles. The fraction of sp³-hybridized carbons (Fsp3) is 0.400. The number of nitrogens with zero attached hydrogens (tertiary/aromatic N) is 3. The fourth-order valence-electron chi connectivity index (χ4n) is 0.205. The Balaban J connectivity index is 0.000000187. The Kier molecular flexibility index (Phi) is 6.17. The number of hydrogen-bond donors (Lipinski definition) is 1. The van der Waals surface area contributed by atoms with Crippen LogP contribution >= 0.6 is 0 Å². The molecule has 0 unspecified atom stereocenters. The van der Waals surface area contributed by atoms with E-state index in [1.807, 2.05) is 6.92 Å². The van der Waals surface area contributed by atoms with Gasteiger partial charge in [-0.25, -0.2) is 0 Å². The third-order valence-electron chi connectivity index (χ3n) is 0.409. The molecule has 1 aromatic rings. The summed E-state index contributed by atoms with van der Waals surface area (Å²) in [6.07, 6.45) is 3.15. The summed E-state index contributed by atoms with van der Waals surface area (Å²) >= 11 is 0. The van der Waals surface area contributed by atoms with Crippen molar-refractivity contribution >= 4 is 0 Å². The van der Waals surface area contributed by atoms with Crippen LogP contribution in [0.25, 0.3) is 0 Å². The molecule has 0 radical (unpaired) electrons. The zero-order valence-electron chi connectivity index (χ0n) is 5.36. The highest BCUT2D eigenvalue weighted by Crippen LogP contribution is 1.61. The molecule has 1 rings (SSSR count). The molecule has 2 N–H and O–H groups in total.